The van der Waals surface area contributed by atoms with Crippen molar-refractivity contribution >= 4 is 5.78 Å². The highest BCUT2D eigenvalue weighted by atomic mass is 16.1. The van der Waals surface area contributed by atoms with E-state index in [1.165, 1.54) is 42.6 Å². The SMILES string of the molecule is CC(=O)c1cccc(CN2C[C@@H](c3ccc(C)cc3)[C@@H]3[C@H]2C2CCN3CC2)c1. The number of nitrogens with zero attached hydrogens (tertiary/aromatic N) is 2. The second-order valence-corrected chi connectivity index (χ2v) is 9.06. The van der Waals surface area contributed by atoms with E-state index in [2.05, 4.69) is 53.1 Å². The summed E-state index contributed by atoms with van der Waals surface area (Å²) < 4.78 is 0. The first-order chi connectivity index (χ1) is 13.6. The lowest BCUT2D eigenvalue weighted by Crippen LogP contribution is -2.59. The lowest BCUT2D eigenvalue weighted by atomic mass is 9.75. The van der Waals surface area contributed by atoms with Crippen molar-refractivity contribution in [3.05, 3.63) is 70.8 Å². The Balaban J connectivity index is 1.46. The molecule has 2 bridgehead atoms. The minimum atomic E-state index is 0.154. The normalized spacial score (nSPS) is 31.7. The van der Waals surface area contributed by atoms with Gasteiger partial charge < -0.3 is 0 Å². The summed E-state index contributed by atoms with van der Waals surface area (Å²) in [6.07, 6.45) is 2.68. The summed E-state index contributed by atoms with van der Waals surface area (Å²) in [5.41, 5.74) is 4.93. The lowest BCUT2D eigenvalue weighted by Gasteiger charge is -2.51. The van der Waals surface area contributed by atoms with Crippen LogP contribution in [0.25, 0.3) is 0 Å². The summed E-state index contributed by atoms with van der Waals surface area (Å²) >= 11 is 0. The van der Waals surface area contributed by atoms with Gasteiger partial charge in [-0.05, 0) is 62.9 Å². The maximum absolute atomic E-state index is 11.8. The number of benzene rings is 2. The smallest absolute Gasteiger partial charge is 0.159 e. The van der Waals surface area contributed by atoms with Crippen LogP contribution in [0.3, 0.4) is 0 Å². The number of carbonyl (C=O) groups excluding carboxylic acids is 1. The number of hydrogen-bond donors (Lipinski definition) is 0. The second kappa shape index (κ2) is 7.13. The molecule has 4 saturated heterocycles. The van der Waals surface area contributed by atoms with Crippen LogP contribution in [0, 0.1) is 12.8 Å². The predicted molar refractivity (Wildman–Crippen MR) is 113 cm³/mol. The van der Waals surface area contributed by atoms with Crippen molar-refractivity contribution < 1.29 is 4.79 Å². The van der Waals surface area contributed by atoms with E-state index in [4.69, 9.17) is 0 Å². The molecule has 0 saturated carbocycles. The average molecular weight is 375 g/mol. The maximum Gasteiger partial charge on any atom is 0.159 e. The minimum Gasteiger partial charge on any atom is -0.298 e. The van der Waals surface area contributed by atoms with E-state index in [0.29, 0.717) is 18.0 Å². The second-order valence-electron chi connectivity index (χ2n) is 9.06. The Morgan fingerprint density at radius 1 is 1.04 bits per heavy atom. The lowest BCUT2D eigenvalue weighted by molar-refractivity contribution is -0.00869. The van der Waals surface area contributed by atoms with Gasteiger partial charge in [0.2, 0.25) is 0 Å². The van der Waals surface area contributed by atoms with Crippen LogP contribution < -0.4 is 0 Å². The molecule has 6 rings (SSSR count). The molecule has 28 heavy (non-hydrogen) atoms. The summed E-state index contributed by atoms with van der Waals surface area (Å²) in [5.74, 6) is 1.56. The Hall–Kier alpha value is -1.97. The molecule has 146 valence electrons. The summed E-state index contributed by atoms with van der Waals surface area (Å²) in [6.45, 7) is 8.43. The molecular weight excluding hydrogens is 344 g/mol. The van der Waals surface area contributed by atoms with Crippen molar-refractivity contribution in [2.45, 2.75) is 51.2 Å². The largest absolute Gasteiger partial charge is 0.298 e. The van der Waals surface area contributed by atoms with Gasteiger partial charge in [0, 0.05) is 36.7 Å². The van der Waals surface area contributed by atoms with Crippen LogP contribution in [0.1, 0.15) is 52.7 Å². The molecule has 4 fully saturated rings. The third kappa shape index (κ3) is 3.11. The van der Waals surface area contributed by atoms with Gasteiger partial charge in [-0.1, -0.05) is 48.0 Å². The van der Waals surface area contributed by atoms with E-state index in [0.717, 1.165) is 24.6 Å². The molecule has 4 heterocycles. The highest BCUT2D eigenvalue weighted by Crippen LogP contribution is 2.47. The average Bonchev–Trinajstić information content (AvgIpc) is 3.11. The standard InChI is InChI=1S/C25H30N2O/c1-17-6-8-20(9-7-17)23-16-27(15-19-4-3-5-22(14-19)18(2)28)24-21-10-12-26(13-11-21)25(23)24/h3-9,14,21,23-25H,10-13,15-16H2,1-2H3/t23-,24+,25+/m0/s1. The van der Waals surface area contributed by atoms with Crippen LogP contribution >= 0.6 is 0 Å². The van der Waals surface area contributed by atoms with E-state index in [1.54, 1.807) is 6.92 Å². The van der Waals surface area contributed by atoms with Crippen LogP contribution in [0.4, 0.5) is 0 Å². The number of fused-ring (bicyclic) bond motifs is 2. The van der Waals surface area contributed by atoms with E-state index < -0.39 is 0 Å². The molecule has 0 aliphatic carbocycles. The number of Topliss-reactive ketones (excluding diaryl/α,β-unsaturated/α-hetero) is 1. The van der Waals surface area contributed by atoms with E-state index in [-0.39, 0.29) is 5.78 Å². The number of aryl methyl sites for hydroxylation is 1. The van der Waals surface area contributed by atoms with Crippen molar-refractivity contribution in [2.75, 3.05) is 19.6 Å². The fraction of sp³-hybridized carbons (Fsp3) is 0.480. The predicted octanol–water partition coefficient (Wildman–Crippen LogP) is 4.26. The van der Waals surface area contributed by atoms with Crippen molar-refractivity contribution in [1.82, 2.24) is 9.80 Å². The van der Waals surface area contributed by atoms with Crippen LogP contribution in [0.15, 0.2) is 48.5 Å². The summed E-state index contributed by atoms with van der Waals surface area (Å²) in [7, 11) is 0. The van der Waals surface area contributed by atoms with Gasteiger partial charge in [-0.3, -0.25) is 14.6 Å². The van der Waals surface area contributed by atoms with Crippen LogP contribution in [-0.2, 0) is 6.54 Å². The number of ketones is 1. The fourth-order valence-corrected chi connectivity index (χ4v) is 5.95. The van der Waals surface area contributed by atoms with E-state index in [1.807, 2.05) is 12.1 Å². The van der Waals surface area contributed by atoms with Crippen molar-refractivity contribution in [3.63, 3.8) is 0 Å². The molecule has 0 spiro atoms. The quantitative estimate of drug-likeness (QED) is 0.747. The van der Waals surface area contributed by atoms with Crippen molar-refractivity contribution in [3.8, 4) is 0 Å². The number of piperidine rings is 3. The number of likely N-dealkylation sites (tertiary alicyclic amines) is 1. The van der Waals surface area contributed by atoms with Gasteiger partial charge in [0.1, 0.15) is 0 Å². The van der Waals surface area contributed by atoms with Gasteiger partial charge in [-0.25, -0.2) is 0 Å². The highest BCUT2D eigenvalue weighted by Gasteiger charge is 2.53. The molecule has 0 radical (unpaired) electrons. The third-order valence-corrected chi connectivity index (χ3v) is 7.32. The Morgan fingerprint density at radius 2 is 1.79 bits per heavy atom. The summed E-state index contributed by atoms with van der Waals surface area (Å²) in [5, 5.41) is 0. The van der Waals surface area contributed by atoms with E-state index >= 15 is 0 Å². The topological polar surface area (TPSA) is 23.6 Å². The molecule has 0 aromatic heterocycles. The van der Waals surface area contributed by atoms with Crippen molar-refractivity contribution in [2.24, 2.45) is 5.92 Å². The summed E-state index contributed by atoms with van der Waals surface area (Å²) in [4.78, 5) is 17.3. The zero-order chi connectivity index (χ0) is 19.3. The Morgan fingerprint density at radius 3 is 2.50 bits per heavy atom. The summed E-state index contributed by atoms with van der Waals surface area (Å²) in [6, 6.07) is 18.8. The van der Waals surface area contributed by atoms with Gasteiger partial charge in [0.15, 0.2) is 5.78 Å². The Labute approximate surface area is 168 Å². The van der Waals surface area contributed by atoms with Gasteiger partial charge in [0.25, 0.3) is 0 Å². The maximum atomic E-state index is 11.8. The molecular formula is C25H30N2O. The molecule has 3 nitrogen and oxygen atoms in total. The zero-order valence-electron chi connectivity index (χ0n) is 17.0. The number of rotatable bonds is 4. The Bertz CT molecular complexity index is 866. The molecule has 0 unspecified atom stereocenters. The molecule has 0 amide bonds. The van der Waals surface area contributed by atoms with Crippen LogP contribution in [0.2, 0.25) is 0 Å². The van der Waals surface area contributed by atoms with E-state index in [9.17, 15) is 4.79 Å². The first-order valence-corrected chi connectivity index (χ1v) is 10.7. The van der Waals surface area contributed by atoms with Crippen LogP contribution in [-0.4, -0.2) is 47.3 Å². The van der Waals surface area contributed by atoms with Crippen LogP contribution in [0.5, 0.6) is 0 Å². The molecule has 0 N–H and O–H groups in total. The first-order valence-electron chi connectivity index (χ1n) is 10.7. The highest BCUT2D eigenvalue weighted by molar-refractivity contribution is 5.94. The molecule has 4 aliphatic rings. The minimum absolute atomic E-state index is 0.154. The zero-order valence-corrected chi connectivity index (χ0v) is 17.0. The molecule has 3 atom stereocenters. The third-order valence-electron chi connectivity index (χ3n) is 7.32. The molecule has 3 heteroatoms. The molecule has 4 aliphatic heterocycles. The molecule has 2 aromatic carbocycles. The van der Waals surface area contributed by atoms with Gasteiger partial charge in [-0.15, -0.1) is 0 Å². The number of hydrogen-bond acceptors (Lipinski definition) is 3. The monoisotopic (exact) mass is 374 g/mol. The number of carbonyl (C=O) groups is 1. The molecule has 2 aromatic rings. The van der Waals surface area contributed by atoms with Crippen molar-refractivity contribution in [1.29, 1.82) is 0 Å². The Kier molecular flexibility index (Phi) is 4.60. The van der Waals surface area contributed by atoms with Gasteiger partial charge >= 0.3 is 0 Å². The fourth-order valence-electron chi connectivity index (χ4n) is 5.95. The first kappa shape index (κ1) is 18.1. The van der Waals surface area contributed by atoms with Gasteiger partial charge in [-0.2, -0.15) is 0 Å². The van der Waals surface area contributed by atoms with Gasteiger partial charge in [0.05, 0.1) is 0 Å².